The summed E-state index contributed by atoms with van der Waals surface area (Å²) in [5.41, 5.74) is 4.24. The van der Waals surface area contributed by atoms with E-state index in [1.54, 1.807) is 0 Å². The summed E-state index contributed by atoms with van der Waals surface area (Å²) in [6, 6.07) is 17.6. The molecule has 0 amide bonds. The Morgan fingerprint density at radius 3 is 2.11 bits per heavy atom. The molecule has 0 aromatic heterocycles. The number of rotatable bonds is 7. The van der Waals surface area contributed by atoms with Crippen molar-refractivity contribution in [2.75, 3.05) is 0 Å². The number of hydrogen-bond donors (Lipinski definition) is 1. The lowest BCUT2D eigenvalue weighted by Crippen LogP contribution is -2.46. The van der Waals surface area contributed by atoms with Crippen molar-refractivity contribution in [3.05, 3.63) is 54.1 Å². The van der Waals surface area contributed by atoms with Crippen molar-refractivity contribution in [1.82, 2.24) is 0 Å². The van der Waals surface area contributed by atoms with Crippen LogP contribution in [-0.2, 0) is 11.2 Å². The molecule has 4 saturated carbocycles. The minimum absolute atomic E-state index is 0.345. The molecule has 0 saturated heterocycles. The lowest BCUT2D eigenvalue weighted by molar-refractivity contribution is -0.159. The fourth-order valence-corrected chi connectivity index (χ4v) is 7.24. The molecule has 4 fully saturated rings. The largest absolute Gasteiger partial charge is 0.490 e. The van der Waals surface area contributed by atoms with Gasteiger partial charge in [0, 0.05) is 0 Å². The molecule has 0 radical (unpaired) electrons. The number of aliphatic carboxylic acids is 1. The SMILES string of the molecule is CC(C)(C)C1CCC(Oc2ccc(-c3cccc(CCC45CCC(C(=O)O)(CC4)CC5)c3)cc2)CC1. The van der Waals surface area contributed by atoms with Gasteiger partial charge < -0.3 is 9.84 Å². The van der Waals surface area contributed by atoms with E-state index in [2.05, 4.69) is 69.3 Å². The molecule has 6 rings (SSSR count). The van der Waals surface area contributed by atoms with Crippen LogP contribution in [0.3, 0.4) is 0 Å². The van der Waals surface area contributed by atoms with E-state index in [0.29, 0.717) is 16.9 Å². The second-order valence-corrected chi connectivity index (χ2v) is 13.3. The van der Waals surface area contributed by atoms with Gasteiger partial charge in [-0.15, -0.1) is 0 Å². The van der Waals surface area contributed by atoms with Crippen molar-refractivity contribution in [3.63, 3.8) is 0 Å². The molecule has 3 nitrogen and oxygen atoms in total. The standard InChI is InChI=1S/C33H44O3/c1-31(2,3)27-9-13-29(14-10-27)36-28-11-7-25(8-12-28)26-6-4-5-24(23-26)15-16-32-17-20-33(21-18-32,22-19-32)30(34)35/h4-8,11-12,23,27,29H,9-10,13-22H2,1-3H3,(H,34,35). The molecule has 0 unspecified atom stereocenters. The van der Waals surface area contributed by atoms with Crippen molar-refractivity contribution in [1.29, 1.82) is 0 Å². The van der Waals surface area contributed by atoms with Crippen molar-refractivity contribution >= 4 is 5.97 Å². The summed E-state index contributed by atoms with van der Waals surface area (Å²) >= 11 is 0. The Hall–Kier alpha value is -2.29. The van der Waals surface area contributed by atoms with E-state index < -0.39 is 11.4 Å². The third-order valence-corrected chi connectivity index (χ3v) is 10.1. The van der Waals surface area contributed by atoms with Crippen molar-refractivity contribution in [3.8, 4) is 16.9 Å². The molecule has 194 valence electrons. The van der Waals surface area contributed by atoms with Crippen LogP contribution in [-0.4, -0.2) is 17.2 Å². The summed E-state index contributed by atoms with van der Waals surface area (Å²) in [7, 11) is 0. The molecule has 0 atom stereocenters. The van der Waals surface area contributed by atoms with Gasteiger partial charge in [-0.3, -0.25) is 4.79 Å². The number of carboxylic acid groups (broad SMARTS) is 1. The number of carbonyl (C=O) groups is 1. The van der Waals surface area contributed by atoms with Crippen LogP contribution in [0.25, 0.3) is 11.1 Å². The van der Waals surface area contributed by atoms with Gasteiger partial charge in [0.1, 0.15) is 5.75 Å². The van der Waals surface area contributed by atoms with E-state index in [1.165, 1.54) is 36.0 Å². The lowest BCUT2D eigenvalue weighted by atomic mass is 9.52. The molecule has 0 spiro atoms. The third-order valence-electron chi connectivity index (χ3n) is 10.1. The van der Waals surface area contributed by atoms with Gasteiger partial charge in [0.05, 0.1) is 11.5 Å². The molecule has 1 N–H and O–H groups in total. The van der Waals surface area contributed by atoms with E-state index in [1.807, 2.05) is 0 Å². The van der Waals surface area contributed by atoms with E-state index in [9.17, 15) is 9.90 Å². The van der Waals surface area contributed by atoms with Crippen LogP contribution in [0.2, 0.25) is 0 Å². The number of hydrogen-bond acceptors (Lipinski definition) is 2. The quantitative estimate of drug-likeness (QED) is 0.424. The zero-order valence-corrected chi connectivity index (χ0v) is 22.5. The Bertz CT molecular complexity index is 1030. The fourth-order valence-electron chi connectivity index (χ4n) is 7.24. The second kappa shape index (κ2) is 9.88. The number of benzene rings is 2. The summed E-state index contributed by atoms with van der Waals surface area (Å²) in [6.45, 7) is 7.09. The monoisotopic (exact) mass is 488 g/mol. The molecule has 4 aliphatic carbocycles. The molecule has 0 heterocycles. The van der Waals surface area contributed by atoms with Gasteiger partial charge >= 0.3 is 5.97 Å². The second-order valence-electron chi connectivity index (χ2n) is 13.3. The van der Waals surface area contributed by atoms with Crippen molar-refractivity contribution < 1.29 is 14.6 Å². The van der Waals surface area contributed by atoms with E-state index >= 15 is 0 Å². The first-order valence-electron chi connectivity index (χ1n) is 14.3. The normalized spacial score (nSPS) is 30.2. The van der Waals surface area contributed by atoms with Gasteiger partial charge in [-0.05, 0) is 123 Å². The first-order valence-corrected chi connectivity index (χ1v) is 14.3. The highest BCUT2D eigenvalue weighted by Crippen LogP contribution is 2.58. The molecule has 4 aliphatic rings. The van der Waals surface area contributed by atoms with Gasteiger partial charge in [-0.2, -0.15) is 0 Å². The summed E-state index contributed by atoms with van der Waals surface area (Å²) in [5, 5.41) is 9.67. The van der Waals surface area contributed by atoms with Gasteiger partial charge in [-0.1, -0.05) is 57.2 Å². The highest BCUT2D eigenvalue weighted by atomic mass is 16.5. The smallest absolute Gasteiger partial charge is 0.309 e. The Morgan fingerprint density at radius 2 is 1.53 bits per heavy atom. The summed E-state index contributed by atoms with van der Waals surface area (Å²) in [4.78, 5) is 11.7. The van der Waals surface area contributed by atoms with E-state index in [-0.39, 0.29) is 0 Å². The molecular formula is C33H44O3. The predicted molar refractivity (Wildman–Crippen MR) is 146 cm³/mol. The number of carboxylic acids is 1. The Morgan fingerprint density at radius 1 is 0.889 bits per heavy atom. The maximum absolute atomic E-state index is 11.7. The molecule has 2 aromatic carbocycles. The van der Waals surface area contributed by atoms with Crippen LogP contribution in [0.1, 0.15) is 97.0 Å². The molecule has 0 aliphatic heterocycles. The van der Waals surface area contributed by atoms with Crippen LogP contribution in [0.4, 0.5) is 0 Å². The lowest BCUT2D eigenvalue weighted by Gasteiger charge is -2.51. The Balaban J connectivity index is 1.16. The summed E-state index contributed by atoms with van der Waals surface area (Å²) < 4.78 is 6.35. The van der Waals surface area contributed by atoms with Crippen LogP contribution in [0.5, 0.6) is 5.75 Å². The van der Waals surface area contributed by atoms with E-state index in [4.69, 9.17) is 4.74 Å². The molecule has 2 aromatic rings. The maximum Gasteiger partial charge on any atom is 0.309 e. The Kier molecular flexibility index (Phi) is 6.96. The van der Waals surface area contributed by atoms with E-state index in [0.717, 1.165) is 69.5 Å². The molecule has 36 heavy (non-hydrogen) atoms. The first-order chi connectivity index (χ1) is 17.2. The summed E-state index contributed by atoms with van der Waals surface area (Å²) in [6.07, 6.45) is 13.3. The van der Waals surface area contributed by atoms with Crippen molar-refractivity contribution in [2.45, 2.75) is 104 Å². The molecule has 2 bridgehead atoms. The highest BCUT2D eigenvalue weighted by molar-refractivity contribution is 5.75. The van der Waals surface area contributed by atoms with Crippen LogP contribution in [0, 0.1) is 22.2 Å². The third kappa shape index (κ3) is 5.36. The number of aryl methyl sites for hydroxylation is 1. The van der Waals surface area contributed by atoms with Gasteiger partial charge in [0.15, 0.2) is 0 Å². The summed E-state index contributed by atoms with van der Waals surface area (Å²) in [5.74, 6) is 1.23. The molecule has 3 heteroatoms. The van der Waals surface area contributed by atoms with Crippen LogP contribution in [0.15, 0.2) is 48.5 Å². The maximum atomic E-state index is 11.7. The number of fused-ring (bicyclic) bond motifs is 3. The van der Waals surface area contributed by atoms with Crippen molar-refractivity contribution in [2.24, 2.45) is 22.2 Å². The zero-order valence-electron chi connectivity index (χ0n) is 22.5. The zero-order chi connectivity index (χ0) is 25.4. The van der Waals surface area contributed by atoms with Crippen LogP contribution >= 0.6 is 0 Å². The average molecular weight is 489 g/mol. The van der Waals surface area contributed by atoms with Gasteiger partial charge in [0.2, 0.25) is 0 Å². The minimum atomic E-state index is -0.562. The average Bonchev–Trinajstić information content (AvgIpc) is 2.89. The fraction of sp³-hybridized carbons (Fsp3) is 0.606. The Labute approximate surface area is 217 Å². The molecular weight excluding hydrogens is 444 g/mol. The van der Waals surface area contributed by atoms with Gasteiger partial charge in [0.25, 0.3) is 0 Å². The first kappa shape index (κ1) is 25.4. The van der Waals surface area contributed by atoms with Gasteiger partial charge in [-0.25, -0.2) is 0 Å². The predicted octanol–water partition coefficient (Wildman–Crippen LogP) is 8.70. The highest BCUT2D eigenvalue weighted by Gasteiger charge is 2.52. The minimum Gasteiger partial charge on any atom is -0.490 e. The topological polar surface area (TPSA) is 46.5 Å². The van der Waals surface area contributed by atoms with Crippen LogP contribution < -0.4 is 4.74 Å². The number of ether oxygens (including phenoxy) is 1.